The van der Waals surface area contributed by atoms with Crippen molar-refractivity contribution in [3.05, 3.63) is 29.3 Å². The second-order valence-corrected chi connectivity index (χ2v) is 6.23. The molecule has 0 spiro atoms. The number of rotatable bonds is 2. The van der Waals surface area contributed by atoms with E-state index >= 15 is 0 Å². The Labute approximate surface area is 111 Å². The number of piperidine rings is 1. The average Bonchev–Trinajstić information content (AvgIpc) is 2.26. The number of hydrogen-bond acceptors (Lipinski definition) is 2. The predicted octanol–water partition coefficient (Wildman–Crippen LogP) is 3.26. The maximum atomic E-state index is 5.95. The number of anilines is 1. The van der Waals surface area contributed by atoms with Crippen molar-refractivity contribution >= 4 is 5.69 Å². The summed E-state index contributed by atoms with van der Waals surface area (Å²) in [6.45, 7) is 10.9. The van der Waals surface area contributed by atoms with Gasteiger partial charge < -0.3 is 10.6 Å². The molecule has 18 heavy (non-hydrogen) atoms. The van der Waals surface area contributed by atoms with E-state index in [0.717, 1.165) is 13.1 Å². The van der Waals surface area contributed by atoms with E-state index in [0.29, 0.717) is 5.92 Å². The van der Waals surface area contributed by atoms with Gasteiger partial charge in [0.1, 0.15) is 0 Å². The summed E-state index contributed by atoms with van der Waals surface area (Å²) in [7, 11) is 0. The maximum Gasteiger partial charge on any atom is 0.0386 e. The molecule has 0 bridgehead atoms. The van der Waals surface area contributed by atoms with Gasteiger partial charge in [-0.05, 0) is 76.3 Å². The Hall–Kier alpha value is -1.02. The van der Waals surface area contributed by atoms with Gasteiger partial charge in [-0.2, -0.15) is 0 Å². The monoisotopic (exact) mass is 246 g/mol. The van der Waals surface area contributed by atoms with E-state index in [9.17, 15) is 0 Å². The Morgan fingerprint density at radius 1 is 1.22 bits per heavy atom. The van der Waals surface area contributed by atoms with E-state index in [4.69, 9.17) is 5.73 Å². The fraction of sp³-hybridized carbons (Fsp3) is 0.625. The largest absolute Gasteiger partial charge is 0.366 e. The van der Waals surface area contributed by atoms with Crippen LogP contribution in [0.25, 0.3) is 0 Å². The SMILES string of the molecule is Cc1cc(C)cc(N2CCCC(CN)C2(C)C)c1. The summed E-state index contributed by atoms with van der Waals surface area (Å²) in [5.41, 5.74) is 10.2. The second-order valence-electron chi connectivity index (χ2n) is 6.23. The molecule has 100 valence electrons. The Morgan fingerprint density at radius 3 is 2.39 bits per heavy atom. The summed E-state index contributed by atoms with van der Waals surface area (Å²) < 4.78 is 0. The molecule has 2 rings (SSSR count). The molecule has 2 heteroatoms. The van der Waals surface area contributed by atoms with Crippen molar-refractivity contribution in [2.24, 2.45) is 11.7 Å². The lowest BCUT2D eigenvalue weighted by atomic mass is 9.78. The van der Waals surface area contributed by atoms with E-state index in [2.05, 4.69) is 50.8 Å². The van der Waals surface area contributed by atoms with Gasteiger partial charge in [-0.25, -0.2) is 0 Å². The number of nitrogens with zero attached hydrogens (tertiary/aromatic N) is 1. The topological polar surface area (TPSA) is 29.3 Å². The lowest BCUT2D eigenvalue weighted by molar-refractivity contribution is 0.244. The minimum Gasteiger partial charge on any atom is -0.366 e. The smallest absolute Gasteiger partial charge is 0.0386 e. The van der Waals surface area contributed by atoms with Gasteiger partial charge in [-0.3, -0.25) is 0 Å². The van der Waals surface area contributed by atoms with Crippen LogP contribution in [0.15, 0.2) is 18.2 Å². The summed E-state index contributed by atoms with van der Waals surface area (Å²) in [5, 5.41) is 0. The van der Waals surface area contributed by atoms with Crippen LogP contribution in [-0.4, -0.2) is 18.6 Å². The first-order chi connectivity index (χ1) is 8.45. The fourth-order valence-corrected chi connectivity index (χ4v) is 3.33. The first-order valence-electron chi connectivity index (χ1n) is 7.01. The number of hydrogen-bond donors (Lipinski definition) is 1. The molecule has 1 aromatic rings. The molecule has 0 aromatic heterocycles. The van der Waals surface area contributed by atoms with Gasteiger partial charge in [0.25, 0.3) is 0 Å². The number of aryl methyl sites for hydroxylation is 2. The fourth-order valence-electron chi connectivity index (χ4n) is 3.33. The van der Waals surface area contributed by atoms with Crippen LogP contribution in [0.4, 0.5) is 5.69 Å². The zero-order valence-corrected chi connectivity index (χ0v) is 12.2. The maximum absolute atomic E-state index is 5.95. The van der Waals surface area contributed by atoms with Crippen LogP contribution in [0, 0.1) is 19.8 Å². The molecular weight excluding hydrogens is 220 g/mol. The zero-order chi connectivity index (χ0) is 13.3. The van der Waals surface area contributed by atoms with Crippen molar-refractivity contribution in [1.29, 1.82) is 0 Å². The molecule has 2 nitrogen and oxygen atoms in total. The molecule has 1 aliphatic rings. The van der Waals surface area contributed by atoms with Crippen LogP contribution in [-0.2, 0) is 0 Å². The van der Waals surface area contributed by atoms with Crippen LogP contribution in [0.5, 0.6) is 0 Å². The van der Waals surface area contributed by atoms with Crippen LogP contribution in [0.3, 0.4) is 0 Å². The first kappa shape index (κ1) is 13.4. The molecule has 1 fully saturated rings. The zero-order valence-electron chi connectivity index (χ0n) is 12.2. The Morgan fingerprint density at radius 2 is 1.83 bits per heavy atom. The standard InChI is InChI=1S/C16H26N2/c1-12-8-13(2)10-15(9-12)18-7-5-6-14(11-17)16(18,3)4/h8-10,14H,5-7,11,17H2,1-4H3. The van der Waals surface area contributed by atoms with E-state index < -0.39 is 0 Å². The lowest BCUT2D eigenvalue weighted by Gasteiger charge is -2.49. The van der Waals surface area contributed by atoms with Gasteiger partial charge in [0, 0.05) is 17.8 Å². The van der Waals surface area contributed by atoms with Gasteiger partial charge in [0.15, 0.2) is 0 Å². The molecule has 1 saturated heterocycles. The lowest BCUT2D eigenvalue weighted by Crippen LogP contribution is -2.55. The third kappa shape index (κ3) is 2.39. The number of nitrogens with two attached hydrogens (primary N) is 1. The molecule has 1 atom stereocenters. The summed E-state index contributed by atoms with van der Waals surface area (Å²) in [6, 6.07) is 6.84. The highest BCUT2D eigenvalue weighted by molar-refractivity contribution is 5.53. The predicted molar refractivity (Wildman–Crippen MR) is 79.1 cm³/mol. The van der Waals surface area contributed by atoms with Crippen molar-refractivity contribution < 1.29 is 0 Å². The van der Waals surface area contributed by atoms with E-state index in [1.165, 1.54) is 29.7 Å². The van der Waals surface area contributed by atoms with Crippen LogP contribution in [0.2, 0.25) is 0 Å². The Bertz CT molecular complexity index is 403. The van der Waals surface area contributed by atoms with Gasteiger partial charge in [0.2, 0.25) is 0 Å². The van der Waals surface area contributed by atoms with E-state index in [-0.39, 0.29) is 5.54 Å². The highest BCUT2D eigenvalue weighted by atomic mass is 15.2. The minimum atomic E-state index is 0.160. The summed E-state index contributed by atoms with van der Waals surface area (Å²) >= 11 is 0. The molecular formula is C16H26N2. The summed E-state index contributed by atoms with van der Waals surface area (Å²) in [6.07, 6.45) is 2.50. The average molecular weight is 246 g/mol. The van der Waals surface area contributed by atoms with E-state index in [1.807, 2.05) is 0 Å². The van der Waals surface area contributed by atoms with Crippen LogP contribution >= 0.6 is 0 Å². The van der Waals surface area contributed by atoms with Crippen molar-refractivity contribution in [3.8, 4) is 0 Å². The van der Waals surface area contributed by atoms with Crippen molar-refractivity contribution in [2.75, 3.05) is 18.0 Å². The van der Waals surface area contributed by atoms with E-state index in [1.54, 1.807) is 0 Å². The highest BCUT2D eigenvalue weighted by Crippen LogP contribution is 2.36. The highest BCUT2D eigenvalue weighted by Gasteiger charge is 2.37. The third-order valence-electron chi connectivity index (χ3n) is 4.43. The molecule has 0 radical (unpaired) electrons. The first-order valence-corrected chi connectivity index (χ1v) is 7.01. The summed E-state index contributed by atoms with van der Waals surface area (Å²) in [4.78, 5) is 2.55. The normalized spacial score (nSPS) is 23.2. The molecule has 1 heterocycles. The third-order valence-corrected chi connectivity index (χ3v) is 4.43. The molecule has 0 saturated carbocycles. The molecule has 1 unspecified atom stereocenters. The molecule has 0 amide bonds. The van der Waals surface area contributed by atoms with Crippen molar-refractivity contribution in [3.63, 3.8) is 0 Å². The van der Waals surface area contributed by atoms with Crippen molar-refractivity contribution in [2.45, 2.75) is 46.1 Å². The van der Waals surface area contributed by atoms with Gasteiger partial charge >= 0.3 is 0 Å². The molecule has 2 N–H and O–H groups in total. The van der Waals surface area contributed by atoms with Gasteiger partial charge in [0.05, 0.1) is 0 Å². The molecule has 0 aliphatic carbocycles. The second kappa shape index (κ2) is 4.93. The Kier molecular flexibility index (Phi) is 3.67. The van der Waals surface area contributed by atoms with Gasteiger partial charge in [-0.1, -0.05) is 6.07 Å². The van der Waals surface area contributed by atoms with Crippen LogP contribution < -0.4 is 10.6 Å². The summed E-state index contributed by atoms with van der Waals surface area (Å²) in [5.74, 6) is 0.590. The van der Waals surface area contributed by atoms with Crippen LogP contribution in [0.1, 0.15) is 37.8 Å². The van der Waals surface area contributed by atoms with Crippen molar-refractivity contribution in [1.82, 2.24) is 0 Å². The Balaban J connectivity index is 2.36. The van der Waals surface area contributed by atoms with Gasteiger partial charge in [-0.15, -0.1) is 0 Å². The molecule has 1 aromatic carbocycles. The quantitative estimate of drug-likeness (QED) is 0.868. The number of benzene rings is 1. The minimum absolute atomic E-state index is 0.160. The molecule has 1 aliphatic heterocycles.